The molecule has 0 spiro atoms. The molecular formula is C19H21N5O3. The molecule has 8 nitrogen and oxygen atoms in total. The fourth-order valence-electron chi connectivity index (χ4n) is 2.92. The smallest absolute Gasteiger partial charge is 0.358 e. The summed E-state index contributed by atoms with van der Waals surface area (Å²) in [5.41, 5.74) is 2.57. The molecule has 0 aliphatic heterocycles. The van der Waals surface area contributed by atoms with Gasteiger partial charge in [-0.3, -0.25) is 4.79 Å². The Morgan fingerprint density at radius 2 is 1.81 bits per heavy atom. The molecule has 2 aromatic heterocycles. The van der Waals surface area contributed by atoms with Crippen molar-refractivity contribution in [1.82, 2.24) is 19.7 Å². The SMILES string of the molecule is Cc1cc([N+](=O)[O-])nn1C(C)C(=O)NC(C)c1ccc(-n2cccc2)cc1. The molecule has 1 N–H and O–H groups in total. The molecule has 0 fully saturated rings. The first-order valence-electron chi connectivity index (χ1n) is 8.61. The van der Waals surface area contributed by atoms with Gasteiger partial charge in [-0.1, -0.05) is 12.1 Å². The van der Waals surface area contributed by atoms with Crippen LogP contribution in [0.15, 0.2) is 54.9 Å². The molecule has 140 valence electrons. The first-order valence-corrected chi connectivity index (χ1v) is 8.61. The Labute approximate surface area is 156 Å². The second-order valence-corrected chi connectivity index (χ2v) is 6.43. The van der Waals surface area contributed by atoms with Gasteiger partial charge in [-0.15, -0.1) is 0 Å². The summed E-state index contributed by atoms with van der Waals surface area (Å²) in [4.78, 5) is 22.9. The third-order valence-corrected chi connectivity index (χ3v) is 4.50. The zero-order valence-electron chi connectivity index (χ0n) is 15.4. The van der Waals surface area contributed by atoms with Crippen molar-refractivity contribution in [2.24, 2.45) is 0 Å². The van der Waals surface area contributed by atoms with Crippen LogP contribution in [0.3, 0.4) is 0 Å². The molecular weight excluding hydrogens is 346 g/mol. The van der Waals surface area contributed by atoms with E-state index >= 15 is 0 Å². The third kappa shape index (κ3) is 3.89. The first kappa shape index (κ1) is 18.4. The number of nitrogens with zero attached hydrogens (tertiary/aromatic N) is 4. The Morgan fingerprint density at radius 1 is 1.19 bits per heavy atom. The molecule has 0 aliphatic carbocycles. The van der Waals surface area contributed by atoms with E-state index in [0.29, 0.717) is 5.69 Å². The second kappa shape index (κ2) is 7.45. The van der Waals surface area contributed by atoms with Crippen LogP contribution < -0.4 is 5.32 Å². The van der Waals surface area contributed by atoms with E-state index in [1.165, 1.54) is 10.7 Å². The molecule has 0 saturated carbocycles. The lowest BCUT2D eigenvalue weighted by atomic mass is 10.1. The van der Waals surface area contributed by atoms with Gasteiger partial charge in [0.05, 0.1) is 22.9 Å². The van der Waals surface area contributed by atoms with Crippen LogP contribution >= 0.6 is 0 Å². The van der Waals surface area contributed by atoms with Crippen molar-refractivity contribution < 1.29 is 9.72 Å². The maximum Gasteiger partial charge on any atom is 0.390 e. The van der Waals surface area contributed by atoms with Gasteiger partial charge in [0.2, 0.25) is 5.91 Å². The quantitative estimate of drug-likeness (QED) is 0.534. The first-order chi connectivity index (χ1) is 12.9. The van der Waals surface area contributed by atoms with Crippen molar-refractivity contribution in [2.45, 2.75) is 32.9 Å². The number of aryl methyl sites for hydroxylation is 1. The van der Waals surface area contributed by atoms with Gasteiger partial charge < -0.3 is 20.0 Å². The number of nitro groups is 1. The van der Waals surface area contributed by atoms with Crippen LogP contribution in [-0.4, -0.2) is 25.2 Å². The molecule has 0 bridgehead atoms. The maximum atomic E-state index is 12.6. The molecule has 8 heteroatoms. The molecule has 3 aromatic rings. The fraction of sp³-hybridized carbons (Fsp3) is 0.263. The molecule has 0 radical (unpaired) electrons. The van der Waals surface area contributed by atoms with Crippen LogP contribution in [0, 0.1) is 17.0 Å². The van der Waals surface area contributed by atoms with Gasteiger partial charge in [-0.05, 0) is 55.5 Å². The number of carbonyl (C=O) groups excluding carboxylic acids is 1. The summed E-state index contributed by atoms with van der Waals surface area (Å²) in [5.74, 6) is -0.515. The van der Waals surface area contributed by atoms with Crippen molar-refractivity contribution in [2.75, 3.05) is 0 Å². The van der Waals surface area contributed by atoms with E-state index in [1.54, 1.807) is 13.8 Å². The highest BCUT2D eigenvalue weighted by Gasteiger charge is 2.25. The van der Waals surface area contributed by atoms with E-state index in [0.717, 1.165) is 11.3 Å². The van der Waals surface area contributed by atoms with Crippen LogP contribution in [0.2, 0.25) is 0 Å². The highest BCUT2D eigenvalue weighted by atomic mass is 16.6. The third-order valence-electron chi connectivity index (χ3n) is 4.50. The Kier molecular flexibility index (Phi) is 5.07. The summed E-state index contributed by atoms with van der Waals surface area (Å²) in [7, 11) is 0. The highest BCUT2D eigenvalue weighted by molar-refractivity contribution is 5.80. The lowest BCUT2D eigenvalue weighted by molar-refractivity contribution is -0.389. The van der Waals surface area contributed by atoms with Gasteiger partial charge in [0.25, 0.3) is 0 Å². The van der Waals surface area contributed by atoms with Gasteiger partial charge in [0, 0.05) is 18.1 Å². The molecule has 2 atom stereocenters. The predicted molar refractivity (Wildman–Crippen MR) is 101 cm³/mol. The number of hydrogen-bond donors (Lipinski definition) is 1. The number of amides is 1. The largest absolute Gasteiger partial charge is 0.390 e. The number of hydrogen-bond acceptors (Lipinski definition) is 4. The summed E-state index contributed by atoms with van der Waals surface area (Å²) >= 11 is 0. The Balaban J connectivity index is 1.69. The molecule has 0 aliphatic rings. The predicted octanol–water partition coefficient (Wildman–Crippen LogP) is 3.33. The van der Waals surface area contributed by atoms with Crippen LogP contribution in [-0.2, 0) is 4.79 Å². The minimum atomic E-state index is -0.653. The van der Waals surface area contributed by atoms with Crippen molar-refractivity contribution in [3.05, 3.63) is 76.2 Å². The molecule has 0 saturated heterocycles. The zero-order chi connectivity index (χ0) is 19.6. The van der Waals surface area contributed by atoms with Crippen molar-refractivity contribution in [3.8, 4) is 5.69 Å². The summed E-state index contributed by atoms with van der Waals surface area (Å²) in [6, 6.07) is 12.3. The summed E-state index contributed by atoms with van der Waals surface area (Å²) < 4.78 is 3.37. The molecule has 1 amide bonds. The van der Waals surface area contributed by atoms with E-state index in [1.807, 2.05) is 60.3 Å². The van der Waals surface area contributed by atoms with Crippen molar-refractivity contribution >= 4 is 11.7 Å². The molecule has 3 rings (SSSR count). The summed E-state index contributed by atoms with van der Waals surface area (Å²) in [6.45, 7) is 5.25. The van der Waals surface area contributed by atoms with Crippen LogP contribution in [0.4, 0.5) is 5.82 Å². The zero-order valence-corrected chi connectivity index (χ0v) is 15.4. The Morgan fingerprint density at radius 3 is 2.37 bits per heavy atom. The van der Waals surface area contributed by atoms with Gasteiger partial charge >= 0.3 is 5.82 Å². The molecule has 1 aromatic carbocycles. The standard InChI is InChI=1S/C19H21N5O3/c1-13-12-18(24(26)27)21-23(13)15(3)19(25)20-14(2)16-6-8-17(9-7-16)22-10-4-5-11-22/h4-12,14-15H,1-3H3,(H,20,25). The van der Waals surface area contributed by atoms with E-state index < -0.39 is 11.0 Å². The highest BCUT2D eigenvalue weighted by Crippen LogP contribution is 2.19. The van der Waals surface area contributed by atoms with Gasteiger partial charge in [-0.2, -0.15) is 4.68 Å². The van der Waals surface area contributed by atoms with E-state index in [2.05, 4.69) is 10.4 Å². The number of nitrogens with one attached hydrogen (secondary N) is 1. The molecule has 27 heavy (non-hydrogen) atoms. The van der Waals surface area contributed by atoms with Crippen LogP contribution in [0.1, 0.15) is 37.2 Å². The Hall–Kier alpha value is -3.42. The van der Waals surface area contributed by atoms with E-state index in [-0.39, 0.29) is 17.8 Å². The van der Waals surface area contributed by atoms with Gasteiger partial charge in [-0.25, -0.2) is 0 Å². The monoisotopic (exact) mass is 367 g/mol. The minimum Gasteiger partial charge on any atom is -0.358 e. The van der Waals surface area contributed by atoms with Crippen LogP contribution in [0.25, 0.3) is 5.69 Å². The molecule has 2 unspecified atom stereocenters. The van der Waals surface area contributed by atoms with Crippen LogP contribution in [0.5, 0.6) is 0 Å². The average molecular weight is 367 g/mol. The molecule has 2 heterocycles. The van der Waals surface area contributed by atoms with Crippen molar-refractivity contribution in [3.63, 3.8) is 0 Å². The lowest BCUT2D eigenvalue weighted by Gasteiger charge is -2.18. The Bertz CT molecular complexity index is 944. The summed E-state index contributed by atoms with van der Waals surface area (Å²) in [6.07, 6.45) is 3.93. The second-order valence-electron chi connectivity index (χ2n) is 6.43. The maximum absolute atomic E-state index is 12.6. The summed E-state index contributed by atoms with van der Waals surface area (Å²) in [5, 5.41) is 17.7. The van der Waals surface area contributed by atoms with Crippen molar-refractivity contribution in [1.29, 1.82) is 0 Å². The fourth-order valence-corrected chi connectivity index (χ4v) is 2.92. The number of carbonyl (C=O) groups is 1. The number of aromatic nitrogens is 3. The lowest BCUT2D eigenvalue weighted by Crippen LogP contribution is -2.33. The number of rotatable bonds is 6. The van der Waals surface area contributed by atoms with E-state index in [9.17, 15) is 14.9 Å². The number of benzene rings is 1. The minimum absolute atomic E-state index is 0.204. The average Bonchev–Trinajstić information content (AvgIpc) is 3.31. The van der Waals surface area contributed by atoms with E-state index in [4.69, 9.17) is 0 Å². The van der Waals surface area contributed by atoms with Gasteiger partial charge in [0.15, 0.2) is 0 Å². The topological polar surface area (TPSA) is 95.0 Å². The van der Waals surface area contributed by atoms with Gasteiger partial charge in [0.1, 0.15) is 6.04 Å². The normalized spacial score (nSPS) is 13.1.